The first kappa shape index (κ1) is 23.1. The van der Waals surface area contributed by atoms with Crippen LogP contribution in [0.5, 0.6) is 0 Å². The van der Waals surface area contributed by atoms with Gasteiger partial charge in [0, 0.05) is 25.0 Å². The molecule has 1 saturated carbocycles. The van der Waals surface area contributed by atoms with Gasteiger partial charge in [-0.1, -0.05) is 6.07 Å². The van der Waals surface area contributed by atoms with Crippen LogP contribution < -0.4 is 10.9 Å². The summed E-state index contributed by atoms with van der Waals surface area (Å²) >= 11 is 0. The van der Waals surface area contributed by atoms with Crippen LogP contribution in [0.4, 0.5) is 19.0 Å². The van der Waals surface area contributed by atoms with Gasteiger partial charge in [-0.3, -0.25) is 15.2 Å². The summed E-state index contributed by atoms with van der Waals surface area (Å²) in [6.07, 6.45) is -2.04. The molecule has 1 fully saturated rings. The van der Waals surface area contributed by atoms with Gasteiger partial charge in [-0.25, -0.2) is 4.98 Å². The standard InChI is InChI=1S/C21H19F3N8O2/c1-9(11-3-6-15(27-8-11)21(22,23)24)28-18-16(14(26)7-25)19(33)30-17(29-18)12-4-5-13(12)20-32-31-10(2)34-20/h3,6,8-9,12-13,26H,4-5H2,1-2H3,(H2,28,29,30,33). The highest BCUT2D eigenvalue weighted by atomic mass is 19.4. The maximum atomic E-state index is 12.8. The molecule has 3 N–H and O–H groups in total. The summed E-state index contributed by atoms with van der Waals surface area (Å²) in [5.41, 5.74) is -2.17. The van der Waals surface area contributed by atoms with Crippen LogP contribution in [-0.4, -0.2) is 30.9 Å². The first-order valence-corrected chi connectivity index (χ1v) is 10.3. The van der Waals surface area contributed by atoms with Gasteiger partial charge >= 0.3 is 6.18 Å². The third-order valence-corrected chi connectivity index (χ3v) is 5.71. The van der Waals surface area contributed by atoms with Crippen molar-refractivity contribution in [2.24, 2.45) is 0 Å². The SMILES string of the molecule is Cc1nnc(C2CCC2c2nc(NC(C)c3ccc(C(F)(F)F)nc3)c(C(=N)C#N)c(=O)[nH]2)o1. The number of hydrogen-bond acceptors (Lipinski definition) is 9. The summed E-state index contributed by atoms with van der Waals surface area (Å²) in [5, 5.41) is 27.9. The molecule has 1 aliphatic carbocycles. The van der Waals surface area contributed by atoms with E-state index in [1.807, 2.05) is 0 Å². The Hall–Kier alpha value is -4.08. The molecule has 3 heterocycles. The number of hydrogen-bond donors (Lipinski definition) is 3. The van der Waals surface area contributed by atoms with Gasteiger partial charge in [-0.15, -0.1) is 10.2 Å². The minimum Gasteiger partial charge on any atom is -0.425 e. The quantitative estimate of drug-likeness (QED) is 0.459. The van der Waals surface area contributed by atoms with Gasteiger partial charge in [0.15, 0.2) is 0 Å². The molecule has 0 spiro atoms. The number of aromatic amines is 1. The van der Waals surface area contributed by atoms with E-state index in [9.17, 15) is 23.2 Å². The molecular formula is C21H19F3N8O2. The van der Waals surface area contributed by atoms with Crippen LogP contribution in [0.3, 0.4) is 0 Å². The van der Waals surface area contributed by atoms with Crippen LogP contribution in [0.25, 0.3) is 0 Å². The molecule has 0 saturated heterocycles. The summed E-state index contributed by atoms with van der Waals surface area (Å²) in [6.45, 7) is 3.31. The summed E-state index contributed by atoms with van der Waals surface area (Å²) in [4.78, 5) is 23.4. The molecular weight excluding hydrogens is 453 g/mol. The van der Waals surface area contributed by atoms with E-state index >= 15 is 0 Å². The van der Waals surface area contributed by atoms with Crippen LogP contribution in [0, 0.1) is 23.7 Å². The molecule has 0 aromatic carbocycles. The topological polar surface area (TPSA) is 157 Å². The largest absolute Gasteiger partial charge is 0.433 e. The molecule has 3 atom stereocenters. The van der Waals surface area contributed by atoms with Gasteiger partial charge in [-0.2, -0.15) is 18.4 Å². The fourth-order valence-corrected chi connectivity index (χ4v) is 3.76. The lowest BCUT2D eigenvalue weighted by Crippen LogP contribution is -2.30. The predicted octanol–water partition coefficient (Wildman–Crippen LogP) is 3.60. The summed E-state index contributed by atoms with van der Waals surface area (Å²) < 4.78 is 43.9. The van der Waals surface area contributed by atoms with Gasteiger partial charge in [0.2, 0.25) is 11.8 Å². The minimum atomic E-state index is -4.57. The maximum Gasteiger partial charge on any atom is 0.433 e. The zero-order valence-electron chi connectivity index (χ0n) is 18.1. The fourth-order valence-electron chi connectivity index (χ4n) is 3.76. The van der Waals surface area contributed by atoms with Crippen LogP contribution in [0.2, 0.25) is 0 Å². The molecule has 1 aliphatic rings. The molecule has 3 unspecified atom stereocenters. The Labute approximate surface area is 190 Å². The number of anilines is 1. The summed E-state index contributed by atoms with van der Waals surface area (Å²) in [5.74, 6) is 0.790. The van der Waals surface area contributed by atoms with Gasteiger partial charge in [0.1, 0.15) is 34.7 Å². The fraction of sp³-hybridized carbons (Fsp3) is 0.381. The van der Waals surface area contributed by atoms with Crippen molar-refractivity contribution in [3.8, 4) is 6.07 Å². The Bertz CT molecular complexity index is 1320. The van der Waals surface area contributed by atoms with E-state index in [-0.39, 0.29) is 23.2 Å². The normalized spacial score (nSPS) is 18.6. The molecule has 3 aromatic rings. The van der Waals surface area contributed by atoms with Crippen molar-refractivity contribution in [3.63, 3.8) is 0 Å². The number of aromatic nitrogens is 5. The Morgan fingerprint density at radius 1 is 1.32 bits per heavy atom. The number of nitrogens with zero attached hydrogens (tertiary/aromatic N) is 5. The number of halogens is 3. The van der Waals surface area contributed by atoms with Crippen LogP contribution in [0.1, 0.15) is 72.1 Å². The van der Waals surface area contributed by atoms with Gasteiger partial charge in [0.05, 0.1) is 6.04 Å². The van der Waals surface area contributed by atoms with Gasteiger partial charge in [0.25, 0.3) is 5.56 Å². The average Bonchev–Trinajstić information content (AvgIpc) is 3.17. The molecule has 34 heavy (non-hydrogen) atoms. The molecule has 0 aliphatic heterocycles. The van der Waals surface area contributed by atoms with Gasteiger partial charge in [-0.05, 0) is 31.4 Å². The number of pyridine rings is 1. The molecule has 0 amide bonds. The number of alkyl halides is 3. The second-order valence-electron chi connectivity index (χ2n) is 7.95. The Morgan fingerprint density at radius 2 is 2.06 bits per heavy atom. The first-order valence-electron chi connectivity index (χ1n) is 10.3. The molecule has 4 rings (SSSR count). The minimum absolute atomic E-state index is 0.0231. The molecule has 3 aromatic heterocycles. The van der Waals surface area contributed by atoms with E-state index in [1.54, 1.807) is 19.9 Å². The second kappa shape index (κ2) is 8.69. The number of aryl methyl sites for hydroxylation is 1. The number of nitriles is 1. The van der Waals surface area contributed by atoms with E-state index in [4.69, 9.17) is 9.83 Å². The Balaban J connectivity index is 1.66. The Kier molecular flexibility index (Phi) is 5.90. The predicted molar refractivity (Wildman–Crippen MR) is 112 cm³/mol. The summed E-state index contributed by atoms with van der Waals surface area (Å²) in [6, 6.07) is 3.11. The van der Waals surface area contributed by atoms with E-state index in [0.29, 0.717) is 29.6 Å². The highest BCUT2D eigenvalue weighted by Gasteiger charge is 2.39. The zero-order valence-corrected chi connectivity index (χ0v) is 18.1. The van der Waals surface area contributed by atoms with Crippen molar-refractivity contribution in [1.82, 2.24) is 25.1 Å². The smallest absolute Gasteiger partial charge is 0.425 e. The third kappa shape index (κ3) is 4.39. The van der Waals surface area contributed by atoms with Crippen molar-refractivity contribution in [2.45, 2.75) is 50.7 Å². The lowest BCUT2D eigenvalue weighted by atomic mass is 9.73. The Morgan fingerprint density at radius 3 is 2.59 bits per heavy atom. The molecule has 0 bridgehead atoms. The van der Waals surface area contributed by atoms with E-state index in [2.05, 4.69) is 30.5 Å². The van der Waals surface area contributed by atoms with Crippen LogP contribution >= 0.6 is 0 Å². The van der Waals surface area contributed by atoms with Crippen molar-refractivity contribution in [3.05, 3.63) is 63.1 Å². The van der Waals surface area contributed by atoms with Crippen molar-refractivity contribution < 1.29 is 17.6 Å². The first-order chi connectivity index (χ1) is 16.1. The van der Waals surface area contributed by atoms with Crippen molar-refractivity contribution in [1.29, 1.82) is 10.7 Å². The maximum absolute atomic E-state index is 12.8. The average molecular weight is 472 g/mol. The second-order valence-corrected chi connectivity index (χ2v) is 7.95. The van der Waals surface area contributed by atoms with Crippen LogP contribution in [-0.2, 0) is 6.18 Å². The number of rotatable bonds is 6. The molecule has 13 heteroatoms. The van der Waals surface area contributed by atoms with Crippen LogP contribution in [0.15, 0.2) is 27.5 Å². The van der Waals surface area contributed by atoms with Gasteiger partial charge < -0.3 is 14.7 Å². The summed E-state index contributed by atoms with van der Waals surface area (Å²) in [7, 11) is 0. The van der Waals surface area contributed by atoms with E-state index in [0.717, 1.165) is 18.7 Å². The lowest BCUT2D eigenvalue weighted by Gasteiger charge is -2.33. The monoisotopic (exact) mass is 472 g/mol. The lowest BCUT2D eigenvalue weighted by molar-refractivity contribution is -0.141. The highest BCUT2D eigenvalue weighted by molar-refractivity contribution is 6.12. The van der Waals surface area contributed by atoms with Crippen molar-refractivity contribution in [2.75, 3.05) is 5.32 Å². The van der Waals surface area contributed by atoms with E-state index in [1.165, 1.54) is 6.07 Å². The van der Waals surface area contributed by atoms with Crippen molar-refractivity contribution >= 4 is 11.5 Å². The molecule has 0 radical (unpaired) electrons. The molecule has 10 nitrogen and oxygen atoms in total. The molecule has 176 valence electrons. The van der Waals surface area contributed by atoms with E-state index < -0.39 is 29.2 Å². The number of nitrogens with one attached hydrogen (secondary N) is 3. The third-order valence-electron chi connectivity index (χ3n) is 5.71. The number of H-pyrrole nitrogens is 1. The zero-order chi connectivity index (χ0) is 24.6. The highest BCUT2D eigenvalue weighted by Crippen LogP contribution is 2.47.